The fourth-order valence-electron chi connectivity index (χ4n) is 4.35. The van der Waals surface area contributed by atoms with Gasteiger partial charge in [-0.2, -0.15) is 0 Å². The summed E-state index contributed by atoms with van der Waals surface area (Å²) in [4.78, 5) is 33.0. The number of aromatic nitrogens is 1. The van der Waals surface area contributed by atoms with E-state index in [1.165, 1.54) is 0 Å². The monoisotopic (exact) mass is 343 g/mol. The van der Waals surface area contributed by atoms with Crippen molar-refractivity contribution in [2.24, 2.45) is 5.41 Å². The lowest BCUT2D eigenvalue weighted by molar-refractivity contribution is -0.129. The molecule has 25 heavy (non-hydrogen) atoms. The molecule has 1 aromatic heterocycles. The lowest BCUT2D eigenvalue weighted by Gasteiger charge is -2.38. The molecular formula is C19H25N3O3. The molecule has 4 heterocycles. The van der Waals surface area contributed by atoms with Crippen LogP contribution in [-0.4, -0.2) is 65.5 Å². The van der Waals surface area contributed by atoms with Gasteiger partial charge in [0.1, 0.15) is 5.69 Å². The number of piperidine rings is 1. The molecule has 1 atom stereocenters. The predicted molar refractivity (Wildman–Crippen MR) is 92.0 cm³/mol. The topological polar surface area (TPSA) is 62.7 Å². The Balaban J connectivity index is 1.35. The molecule has 1 aromatic rings. The molecule has 0 N–H and O–H groups in total. The van der Waals surface area contributed by atoms with Crippen molar-refractivity contribution in [2.75, 3.05) is 32.8 Å². The first-order valence-corrected chi connectivity index (χ1v) is 9.25. The van der Waals surface area contributed by atoms with E-state index in [9.17, 15) is 9.59 Å². The average Bonchev–Trinajstić information content (AvgIpc) is 3.25. The third-order valence-corrected chi connectivity index (χ3v) is 5.85. The second-order valence-corrected chi connectivity index (χ2v) is 7.59. The van der Waals surface area contributed by atoms with Crippen LogP contribution >= 0.6 is 0 Å². The average molecular weight is 343 g/mol. The molecule has 3 aliphatic rings. The molecule has 0 aliphatic carbocycles. The second-order valence-electron chi connectivity index (χ2n) is 7.59. The van der Waals surface area contributed by atoms with Crippen LogP contribution < -0.4 is 0 Å². The summed E-state index contributed by atoms with van der Waals surface area (Å²) in [6.45, 7) is 3.78. The van der Waals surface area contributed by atoms with Crippen molar-refractivity contribution in [3.8, 4) is 0 Å². The minimum Gasteiger partial charge on any atom is -0.376 e. The molecular weight excluding hydrogens is 318 g/mol. The molecule has 0 radical (unpaired) electrons. The molecule has 6 heteroatoms. The number of ether oxygens (including phenoxy) is 1. The minimum absolute atomic E-state index is 0.00372. The van der Waals surface area contributed by atoms with E-state index in [2.05, 4.69) is 4.98 Å². The summed E-state index contributed by atoms with van der Waals surface area (Å²) in [7, 11) is 0. The van der Waals surface area contributed by atoms with E-state index in [1.807, 2.05) is 21.9 Å². The summed E-state index contributed by atoms with van der Waals surface area (Å²) in [6.07, 6.45) is 6.41. The van der Waals surface area contributed by atoms with E-state index in [-0.39, 0.29) is 23.3 Å². The number of hydrogen-bond acceptors (Lipinski definition) is 4. The van der Waals surface area contributed by atoms with Crippen LogP contribution in [0.4, 0.5) is 0 Å². The fraction of sp³-hybridized carbons (Fsp3) is 0.632. The summed E-state index contributed by atoms with van der Waals surface area (Å²) < 4.78 is 5.68. The van der Waals surface area contributed by atoms with E-state index in [4.69, 9.17) is 4.74 Å². The van der Waals surface area contributed by atoms with Crippen molar-refractivity contribution in [3.63, 3.8) is 0 Å². The van der Waals surface area contributed by atoms with Crippen molar-refractivity contribution in [1.82, 2.24) is 14.8 Å². The van der Waals surface area contributed by atoms with Crippen molar-refractivity contribution < 1.29 is 14.3 Å². The van der Waals surface area contributed by atoms with Gasteiger partial charge in [-0.15, -0.1) is 0 Å². The zero-order valence-electron chi connectivity index (χ0n) is 14.5. The van der Waals surface area contributed by atoms with E-state index in [1.54, 1.807) is 12.3 Å². The summed E-state index contributed by atoms with van der Waals surface area (Å²) in [5.74, 6) is 0.246. The molecule has 3 saturated heterocycles. The van der Waals surface area contributed by atoms with Crippen molar-refractivity contribution in [1.29, 1.82) is 0 Å². The lowest BCUT2D eigenvalue weighted by atomic mass is 9.77. The first-order valence-electron chi connectivity index (χ1n) is 9.25. The molecule has 0 aromatic carbocycles. The maximum absolute atomic E-state index is 12.5. The van der Waals surface area contributed by atoms with Gasteiger partial charge >= 0.3 is 0 Å². The molecule has 0 bridgehead atoms. The van der Waals surface area contributed by atoms with Gasteiger partial charge in [0.2, 0.25) is 5.91 Å². The van der Waals surface area contributed by atoms with Crippen LogP contribution in [0.5, 0.6) is 0 Å². The van der Waals surface area contributed by atoms with Gasteiger partial charge in [-0.1, -0.05) is 6.07 Å². The highest BCUT2D eigenvalue weighted by Crippen LogP contribution is 2.41. The van der Waals surface area contributed by atoms with Crippen LogP contribution in [0.2, 0.25) is 0 Å². The highest BCUT2D eigenvalue weighted by molar-refractivity contribution is 5.92. The first-order chi connectivity index (χ1) is 12.2. The summed E-state index contributed by atoms with van der Waals surface area (Å²) in [5.41, 5.74) is 0.539. The normalized spacial score (nSPS) is 25.8. The van der Waals surface area contributed by atoms with Crippen LogP contribution in [0.3, 0.4) is 0 Å². The minimum atomic E-state index is -0.00372. The van der Waals surface area contributed by atoms with Gasteiger partial charge in [0.15, 0.2) is 0 Å². The zero-order chi connectivity index (χ0) is 17.3. The number of nitrogens with zero attached hydrogens (tertiary/aromatic N) is 3. The Kier molecular flexibility index (Phi) is 4.46. The zero-order valence-corrected chi connectivity index (χ0v) is 14.5. The number of carbonyl (C=O) groups is 2. The van der Waals surface area contributed by atoms with E-state index >= 15 is 0 Å². The molecule has 3 fully saturated rings. The predicted octanol–water partition coefficient (Wildman–Crippen LogP) is 1.72. The van der Waals surface area contributed by atoms with Gasteiger partial charge in [-0.05, 0) is 37.8 Å². The van der Waals surface area contributed by atoms with Gasteiger partial charge in [-0.25, -0.2) is 0 Å². The van der Waals surface area contributed by atoms with E-state index in [0.717, 1.165) is 45.4 Å². The Hall–Kier alpha value is -1.95. The van der Waals surface area contributed by atoms with Gasteiger partial charge in [0.05, 0.1) is 6.10 Å². The standard InChI is InChI=1S/C19H25N3O3/c23-17-12-19(14-22(17)13-15-4-3-11-25-15)6-9-21(10-7-19)18(24)16-5-1-2-8-20-16/h1-2,5,8,15H,3-4,6-7,9-14H2/t15-/m1/s1. The maximum Gasteiger partial charge on any atom is 0.272 e. The van der Waals surface area contributed by atoms with Gasteiger partial charge in [0.25, 0.3) is 5.91 Å². The molecule has 6 nitrogen and oxygen atoms in total. The molecule has 1 spiro atoms. The Morgan fingerprint density at radius 1 is 1.32 bits per heavy atom. The second kappa shape index (κ2) is 6.75. The fourth-order valence-corrected chi connectivity index (χ4v) is 4.35. The number of likely N-dealkylation sites (tertiary alicyclic amines) is 2. The largest absolute Gasteiger partial charge is 0.376 e. The maximum atomic E-state index is 12.5. The molecule has 4 rings (SSSR count). The summed E-state index contributed by atoms with van der Waals surface area (Å²) in [5, 5.41) is 0. The van der Waals surface area contributed by atoms with Gasteiger partial charge < -0.3 is 14.5 Å². The quantitative estimate of drug-likeness (QED) is 0.838. The number of amides is 2. The van der Waals surface area contributed by atoms with Crippen LogP contribution in [-0.2, 0) is 9.53 Å². The Morgan fingerprint density at radius 3 is 2.84 bits per heavy atom. The summed E-state index contributed by atoms with van der Waals surface area (Å²) in [6, 6.07) is 5.41. The van der Waals surface area contributed by atoms with Crippen molar-refractivity contribution >= 4 is 11.8 Å². The van der Waals surface area contributed by atoms with E-state index < -0.39 is 0 Å². The van der Waals surface area contributed by atoms with Crippen LogP contribution in [0.1, 0.15) is 42.6 Å². The number of rotatable bonds is 3. The van der Waals surface area contributed by atoms with Crippen LogP contribution in [0.15, 0.2) is 24.4 Å². The van der Waals surface area contributed by atoms with Crippen LogP contribution in [0.25, 0.3) is 0 Å². The number of carbonyl (C=O) groups excluding carboxylic acids is 2. The molecule has 2 amide bonds. The highest BCUT2D eigenvalue weighted by Gasteiger charge is 2.46. The Bertz CT molecular complexity index is 635. The Morgan fingerprint density at radius 2 is 2.16 bits per heavy atom. The number of hydrogen-bond donors (Lipinski definition) is 0. The van der Waals surface area contributed by atoms with Crippen LogP contribution in [0, 0.1) is 5.41 Å². The smallest absolute Gasteiger partial charge is 0.272 e. The van der Waals surface area contributed by atoms with E-state index in [0.29, 0.717) is 25.2 Å². The number of pyridine rings is 1. The van der Waals surface area contributed by atoms with Gasteiger partial charge in [-0.3, -0.25) is 14.6 Å². The first kappa shape index (κ1) is 16.5. The molecule has 3 aliphatic heterocycles. The van der Waals surface area contributed by atoms with Crippen molar-refractivity contribution in [3.05, 3.63) is 30.1 Å². The summed E-state index contributed by atoms with van der Waals surface area (Å²) >= 11 is 0. The van der Waals surface area contributed by atoms with Gasteiger partial charge in [0, 0.05) is 50.8 Å². The molecule has 0 unspecified atom stereocenters. The SMILES string of the molecule is O=C1CC2(CCN(C(=O)c3ccccn3)CC2)CN1C[C@H]1CCCO1. The molecule has 0 saturated carbocycles. The highest BCUT2D eigenvalue weighted by atomic mass is 16.5. The third-order valence-electron chi connectivity index (χ3n) is 5.85. The van der Waals surface area contributed by atoms with Crippen molar-refractivity contribution in [2.45, 2.75) is 38.2 Å². The Labute approximate surface area is 148 Å². The third kappa shape index (κ3) is 3.40. The molecule has 134 valence electrons. The lowest BCUT2D eigenvalue weighted by Crippen LogP contribution is -2.44.